The molecule has 8 heteroatoms. The second-order valence-electron chi connectivity index (χ2n) is 5.12. The van der Waals surface area contributed by atoms with Gasteiger partial charge in [-0.1, -0.05) is 0 Å². The maximum atomic E-state index is 11.6. The van der Waals surface area contributed by atoms with Crippen LogP contribution in [0.5, 0.6) is 0 Å². The second kappa shape index (κ2) is 5.53. The van der Waals surface area contributed by atoms with E-state index < -0.39 is 10.0 Å². The van der Waals surface area contributed by atoms with E-state index in [1.807, 2.05) is 0 Å². The third kappa shape index (κ3) is 3.11. The smallest absolute Gasteiger partial charge is 0.246 e. The van der Waals surface area contributed by atoms with E-state index in [1.165, 1.54) is 16.8 Å². The van der Waals surface area contributed by atoms with Crippen LogP contribution < -0.4 is 0 Å². The zero-order valence-electron chi connectivity index (χ0n) is 11.6. The predicted molar refractivity (Wildman–Crippen MR) is 75.9 cm³/mol. The van der Waals surface area contributed by atoms with Gasteiger partial charge >= 0.3 is 0 Å². The molecule has 0 N–H and O–H groups in total. The summed E-state index contributed by atoms with van der Waals surface area (Å²) < 4.78 is 30.0. The summed E-state index contributed by atoms with van der Waals surface area (Å²) >= 11 is 0. The van der Waals surface area contributed by atoms with Crippen molar-refractivity contribution in [3.8, 4) is 11.6 Å². The standard InChI is InChI=1S/C13H16N4O3S/c1-21(18,19)17-5-2-3-10(9-17)11-7-16-12(8-15-11)13-14-4-6-20-13/h4,6-8,10H,2-3,5,9H2,1H3/t10-/m0/s1. The highest BCUT2D eigenvalue weighted by atomic mass is 32.2. The molecule has 0 aliphatic carbocycles. The van der Waals surface area contributed by atoms with Crippen LogP contribution in [0.3, 0.4) is 0 Å². The van der Waals surface area contributed by atoms with Crippen LogP contribution in [0.2, 0.25) is 0 Å². The maximum Gasteiger partial charge on any atom is 0.246 e. The Hall–Kier alpha value is -1.80. The molecule has 3 heterocycles. The molecule has 1 atom stereocenters. The lowest BCUT2D eigenvalue weighted by Crippen LogP contribution is -2.38. The molecule has 1 saturated heterocycles. The molecule has 3 rings (SSSR count). The second-order valence-corrected chi connectivity index (χ2v) is 7.11. The van der Waals surface area contributed by atoms with E-state index in [1.54, 1.807) is 18.6 Å². The Morgan fingerprint density at radius 3 is 2.76 bits per heavy atom. The Bertz CT molecular complexity index is 698. The van der Waals surface area contributed by atoms with Crippen molar-refractivity contribution in [3.63, 3.8) is 0 Å². The molecule has 21 heavy (non-hydrogen) atoms. The number of hydrogen-bond donors (Lipinski definition) is 0. The van der Waals surface area contributed by atoms with E-state index in [-0.39, 0.29) is 5.92 Å². The Kier molecular flexibility index (Phi) is 3.73. The van der Waals surface area contributed by atoms with Crippen LogP contribution in [0.25, 0.3) is 11.6 Å². The van der Waals surface area contributed by atoms with Crippen molar-refractivity contribution in [1.82, 2.24) is 19.3 Å². The van der Waals surface area contributed by atoms with Gasteiger partial charge in [0.25, 0.3) is 0 Å². The van der Waals surface area contributed by atoms with Crippen LogP contribution in [0.15, 0.2) is 29.3 Å². The zero-order chi connectivity index (χ0) is 14.9. The SMILES string of the molecule is CS(=O)(=O)N1CCC[C@H](c2cnc(-c3ncco3)cn2)C1. The minimum absolute atomic E-state index is 0.0829. The van der Waals surface area contributed by atoms with Crippen molar-refractivity contribution in [2.24, 2.45) is 0 Å². The van der Waals surface area contributed by atoms with Gasteiger partial charge in [-0.15, -0.1) is 0 Å². The highest BCUT2D eigenvalue weighted by molar-refractivity contribution is 7.88. The summed E-state index contributed by atoms with van der Waals surface area (Å²) in [5.41, 5.74) is 1.37. The van der Waals surface area contributed by atoms with Gasteiger partial charge in [-0.05, 0) is 12.8 Å². The molecule has 0 unspecified atom stereocenters. The topological polar surface area (TPSA) is 89.2 Å². The fourth-order valence-electron chi connectivity index (χ4n) is 2.49. The molecule has 7 nitrogen and oxygen atoms in total. The molecular weight excluding hydrogens is 292 g/mol. The summed E-state index contributed by atoms with van der Waals surface area (Å²) in [5, 5.41) is 0. The van der Waals surface area contributed by atoms with Gasteiger partial charge in [-0.25, -0.2) is 22.7 Å². The van der Waals surface area contributed by atoms with Gasteiger partial charge in [0.15, 0.2) is 0 Å². The number of rotatable bonds is 3. The van der Waals surface area contributed by atoms with E-state index in [2.05, 4.69) is 15.0 Å². The third-order valence-electron chi connectivity index (χ3n) is 3.59. The highest BCUT2D eigenvalue weighted by Crippen LogP contribution is 2.27. The van der Waals surface area contributed by atoms with Gasteiger partial charge in [0.1, 0.15) is 12.0 Å². The van der Waals surface area contributed by atoms with E-state index >= 15 is 0 Å². The monoisotopic (exact) mass is 308 g/mol. The fourth-order valence-corrected chi connectivity index (χ4v) is 3.41. The first-order valence-corrected chi connectivity index (χ1v) is 8.56. The van der Waals surface area contributed by atoms with Crippen LogP contribution in [0, 0.1) is 0 Å². The van der Waals surface area contributed by atoms with E-state index in [0.29, 0.717) is 24.7 Å². The molecule has 0 amide bonds. The summed E-state index contributed by atoms with van der Waals surface area (Å²) in [6, 6.07) is 0. The lowest BCUT2D eigenvalue weighted by molar-refractivity contribution is 0.314. The molecular formula is C13H16N4O3S. The first-order chi connectivity index (χ1) is 10.0. The van der Waals surface area contributed by atoms with Crippen LogP contribution in [-0.4, -0.2) is 47.0 Å². The summed E-state index contributed by atoms with van der Waals surface area (Å²) in [6.07, 6.45) is 9.31. The Morgan fingerprint density at radius 2 is 2.14 bits per heavy atom. The van der Waals surface area contributed by atoms with Crippen LogP contribution in [-0.2, 0) is 10.0 Å². The molecule has 112 valence electrons. The van der Waals surface area contributed by atoms with Crippen molar-refractivity contribution in [2.45, 2.75) is 18.8 Å². The molecule has 2 aromatic heterocycles. The minimum Gasteiger partial charge on any atom is -0.443 e. The number of hydrogen-bond acceptors (Lipinski definition) is 6. The molecule has 1 fully saturated rings. The molecule has 0 aromatic carbocycles. The Labute approximate surface area is 123 Å². The van der Waals surface area contributed by atoms with Crippen LogP contribution in [0.1, 0.15) is 24.5 Å². The van der Waals surface area contributed by atoms with E-state index in [4.69, 9.17) is 4.42 Å². The average molecular weight is 308 g/mol. The molecule has 0 radical (unpaired) electrons. The van der Waals surface area contributed by atoms with Crippen LogP contribution >= 0.6 is 0 Å². The largest absolute Gasteiger partial charge is 0.443 e. The maximum absolute atomic E-state index is 11.6. The number of nitrogens with zero attached hydrogens (tertiary/aromatic N) is 4. The summed E-state index contributed by atoms with van der Waals surface area (Å²) in [7, 11) is -3.15. The van der Waals surface area contributed by atoms with E-state index in [9.17, 15) is 8.42 Å². The Morgan fingerprint density at radius 1 is 1.29 bits per heavy atom. The molecule has 0 bridgehead atoms. The van der Waals surface area contributed by atoms with Crippen molar-refractivity contribution in [3.05, 3.63) is 30.5 Å². The lowest BCUT2D eigenvalue weighted by atomic mass is 9.96. The lowest BCUT2D eigenvalue weighted by Gasteiger charge is -2.30. The fraction of sp³-hybridized carbons (Fsp3) is 0.462. The van der Waals surface area contributed by atoms with Crippen molar-refractivity contribution in [2.75, 3.05) is 19.3 Å². The quantitative estimate of drug-likeness (QED) is 0.848. The normalized spacial score (nSPS) is 20.5. The summed E-state index contributed by atoms with van der Waals surface area (Å²) in [5.74, 6) is 0.509. The molecule has 2 aromatic rings. The third-order valence-corrected chi connectivity index (χ3v) is 4.86. The number of oxazole rings is 1. The molecule has 1 aliphatic heterocycles. The first-order valence-electron chi connectivity index (χ1n) is 6.71. The van der Waals surface area contributed by atoms with Gasteiger partial charge in [0, 0.05) is 25.2 Å². The summed E-state index contributed by atoms with van der Waals surface area (Å²) in [4.78, 5) is 12.7. The number of sulfonamides is 1. The number of aromatic nitrogens is 3. The van der Waals surface area contributed by atoms with Gasteiger partial charge in [0.2, 0.25) is 15.9 Å². The predicted octanol–water partition coefficient (Wildman–Crippen LogP) is 1.27. The molecule has 1 aliphatic rings. The first kappa shape index (κ1) is 14.2. The zero-order valence-corrected chi connectivity index (χ0v) is 12.5. The van der Waals surface area contributed by atoms with Crippen molar-refractivity contribution in [1.29, 1.82) is 0 Å². The molecule has 0 spiro atoms. The van der Waals surface area contributed by atoms with Gasteiger partial charge < -0.3 is 4.42 Å². The average Bonchev–Trinajstić information content (AvgIpc) is 3.01. The molecule has 0 saturated carbocycles. The minimum atomic E-state index is -3.15. The van der Waals surface area contributed by atoms with Crippen LogP contribution in [0.4, 0.5) is 0 Å². The van der Waals surface area contributed by atoms with E-state index in [0.717, 1.165) is 18.5 Å². The van der Waals surface area contributed by atoms with Gasteiger partial charge in [-0.3, -0.25) is 4.98 Å². The number of piperidine rings is 1. The van der Waals surface area contributed by atoms with Gasteiger partial charge in [-0.2, -0.15) is 0 Å². The van der Waals surface area contributed by atoms with Gasteiger partial charge in [0.05, 0.1) is 24.3 Å². The highest BCUT2D eigenvalue weighted by Gasteiger charge is 2.27. The summed E-state index contributed by atoms with van der Waals surface area (Å²) in [6.45, 7) is 1.04. The van der Waals surface area contributed by atoms with Crippen molar-refractivity contribution < 1.29 is 12.8 Å². The van der Waals surface area contributed by atoms with Crippen molar-refractivity contribution >= 4 is 10.0 Å². The Balaban J connectivity index is 1.78.